The summed E-state index contributed by atoms with van der Waals surface area (Å²) in [5.74, 6) is 0. The molecule has 0 amide bonds. The molecule has 13 rings (SSSR count). The van der Waals surface area contributed by atoms with E-state index in [1.165, 1.54) is 92.5 Å². The van der Waals surface area contributed by atoms with E-state index in [0.717, 1.165) is 27.5 Å². The number of hydrogen-bond acceptors (Lipinski definition) is 2. The van der Waals surface area contributed by atoms with Gasteiger partial charge >= 0.3 is 0 Å². The number of benzene rings is 10. The first kappa shape index (κ1) is 35.7. The van der Waals surface area contributed by atoms with Crippen LogP contribution in [0.1, 0.15) is 0 Å². The van der Waals surface area contributed by atoms with Gasteiger partial charge in [-0.3, -0.25) is 0 Å². The summed E-state index contributed by atoms with van der Waals surface area (Å²) in [5.41, 5.74) is 16.4. The van der Waals surface area contributed by atoms with Gasteiger partial charge in [-0.2, -0.15) is 0 Å². The van der Waals surface area contributed by atoms with Gasteiger partial charge in [0.15, 0.2) is 0 Å². The normalized spacial score (nSPS) is 11.8. The van der Waals surface area contributed by atoms with Crippen molar-refractivity contribution in [3.8, 4) is 55.3 Å². The fourth-order valence-corrected chi connectivity index (χ4v) is 10.8. The largest absolute Gasteiger partial charge is 0.309 e. The maximum atomic E-state index is 5.06. The van der Waals surface area contributed by atoms with Crippen LogP contribution in [0.4, 0.5) is 0 Å². The van der Waals surface area contributed by atoms with Gasteiger partial charge in [-0.1, -0.05) is 146 Å². The topological polar surface area (TPSA) is 22.8 Å². The SMILES string of the molecule is c1ccc(-c2cc(-c3ccccc3)cc(-n3c4ccccc4c4cc(-c5ccc6c(c5)c5ccccc5n6-c5ccc(-c6nc7ccccc7s6)c6ccccc56)ccc43)c2)cc1. The first-order valence-electron chi connectivity index (χ1n) is 21.4. The van der Waals surface area contributed by atoms with E-state index >= 15 is 0 Å². The van der Waals surface area contributed by atoms with Crippen molar-refractivity contribution in [2.24, 2.45) is 0 Å². The number of fused-ring (bicyclic) bond motifs is 8. The molecule has 0 fully saturated rings. The van der Waals surface area contributed by atoms with Crippen LogP contribution >= 0.6 is 11.3 Å². The number of nitrogens with zero attached hydrogens (tertiary/aromatic N) is 3. The fraction of sp³-hybridized carbons (Fsp3) is 0. The van der Waals surface area contributed by atoms with Gasteiger partial charge in [0.2, 0.25) is 0 Å². The quantitative estimate of drug-likeness (QED) is 0.164. The molecule has 0 N–H and O–H groups in total. The lowest BCUT2D eigenvalue weighted by Crippen LogP contribution is -1.96. The Morgan fingerprint density at radius 2 is 0.825 bits per heavy atom. The summed E-state index contributed by atoms with van der Waals surface area (Å²) in [6, 6.07) is 81.8. The van der Waals surface area contributed by atoms with Crippen molar-refractivity contribution < 1.29 is 0 Å². The molecular weight excluding hydrogens is 783 g/mol. The molecule has 63 heavy (non-hydrogen) atoms. The average Bonchev–Trinajstić information content (AvgIpc) is 4.04. The standard InChI is InChI=1S/C59H37N3S/c1-3-15-38(16-4-1)42-33-43(39-17-5-2-6-18-39)35-44(34-42)61-53-24-12-9-21-47(53)50-36-40(27-30-56(50)61)41-28-31-57-51(37-41)48-22-10-13-25-54(48)62(57)55-32-29-49(45-19-7-8-20-46(45)55)59-60-52-23-11-14-26-58(52)63-59/h1-37H. The van der Waals surface area contributed by atoms with Crippen LogP contribution < -0.4 is 0 Å². The van der Waals surface area contributed by atoms with E-state index in [0.29, 0.717) is 0 Å². The molecule has 3 aromatic heterocycles. The summed E-state index contributed by atoms with van der Waals surface area (Å²) in [4.78, 5) is 5.06. The van der Waals surface area contributed by atoms with E-state index in [1.807, 2.05) is 0 Å². The van der Waals surface area contributed by atoms with Crippen molar-refractivity contribution in [2.75, 3.05) is 0 Å². The zero-order valence-corrected chi connectivity index (χ0v) is 34.9. The van der Waals surface area contributed by atoms with E-state index in [2.05, 4.69) is 234 Å². The molecule has 0 atom stereocenters. The van der Waals surface area contributed by atoms with Crippen molar-refractivity contribution in [1.82, 2.24) is 14.1 Å². The maximum Gasteiger partial charge on any atom is 0.125 e. The lowest BCUT2D eigenvalue weighted by Gasteiger charge is -2.14. The minimum absolute atomic E-state index is 1.04. The second-order valence-corrected chi connectivity index (χ2v) is 17.4. The van der Waals surface area contributed by atoms with Crippen LogP contribution in [0.2, 0.25) is 0 Å². The van der Waals surface area contributed by atoms with Crippen LogP contribution in [0.3, 0.4) is 0 Å². The molecule has 0 bridgehead atoms. The van der Waals surface area contributed by atoms with Crippen LogP contribution in [0.15, 0.2) is 224 Å². The molecule has 3 heterocycles. The summed E-state index contributed by atoms with van der Waals surface area (Å²) >= 11 is 1.75. The van der Waals surface area contributed by atoms with Gasteiger partial charge in [-0.05, 0) is 118 Å². The molecule has 0 aliphatic carbocycles. The van der Waals surface area contributed by atoms with Crippen molar-refractivity contribution in [3.63, 3.8) is 0 Å². The summed E-state index contributed by atoms with van der Waals surface area (Å²) < 4.78 is 6.09. The van der Waals surface area contributed by atoms with Crippen LogP contribution in [-0.4, -0.2) is 14.1 Å². The first-order chi connectivity index (χ1) is 31.2. The molecule has 4 heteroatoms. The van der Waals surface area contributed by atoms with Gasteiger partial charge in [0.1, 0.15) is 5.01 Å². The lowest BCUT2D eigenvalue weighted by atomic mass is 9.98. The van der Waals surface area contributed by atoms with Crippen molar-refractivity contribution >= 4 is 75.9 Å². The molecule has 0 radical (unpaired) electrons. The van der Waals surface area contributed by atoms with E-state index in [9.17, 15) is 0 Å². The fourth-order valence-electron chi connectivity index (χ4n) is 9.83. The zero-order valence-electron chi connectivity index (χ0n) is 34.1. The highest BCUT2D eigenvalue weighted by molar-refractivity contribution is 7.21. The Hall–Kier alpha value is -8.05. The monoisotopic (exact) mass is 819 g/mol. The van der Waals surface area contributed by atoms with E-state index in [-0.39, 0.29) is 0 Å². The highest BCUT2D eigenvalue weighted by atomic mass is 32.1. The summed E-state index contributed by atoms with van der Waals surface area (Å²) in [6.07, 6.45) is 0. The van der Waals surface area contributed by atoms with Crippen LogP contribution in [0.25, 0.3) is 120 Å². The number of aromatic nitrogens is 3. The highest BCUT2D eigenvalue weighted by Gasteiger charge is 2.19. The Morgan fingerprint density at radius 1 is 0.317 bits per heavy atom. The van der Waals surface area contributed by atoms with E-state index in [1.54, 1.807) is 11.3 Å². The Balaban J connectivity index is 0.966. The third-order valence-corrected chi connectivity index (χ3v) is 13.8. The van der Waals surface area contributed by atoms with Gasteiger partial charge < -0.3 is 9.13 Å². The van der Waals surface area contributed by atoms with Gasteiger partial charge in [-0.15, -0.1) is 11.3 Å². The molecular formula is C59H37N3S. The number of para-hydroxylation sites is 3. The Bertz CT molecular complexity index is 3820. The van der Waals surface area contributed by atoms with Crippen LogP contribution in [-0.2, 0) is 0 Å². The smallest absolute Gasteiger partial charge is 0.125 e. The molecule has 13 aromatic rings. The predicted octanol–water partition coefficient (Wildman–Crippen LogP) is 16.3. The second-order valence-electron chi connectivity index (χ2n) is 16.3. The lowest BCUT2D eigenvalue weighted by molar-refractivity contribution is 1.18. The number of rotatable bonds is 6. The van der Waals surface area contributed by atoms with Crippen molar-refractivity contribution in [2.45, 2.75) is 0 Å². The maximum absolute atomic E-state index is 5.06. The Morgan fingerprint density at radius 3 is 1.46 bits per heavy atom. The van der Waals surface area contributed by atoms with Gasteiger partial charge in [-0.25, -0.2) is 4.98 Å². The van der Waals surface area contributed by atoms with E-state index in [4.69, 9.17) is 4.98 Å². The summed E-state index contributed by atoms with van der Waals surface area (Å²) in [6.45, 7) is 0. The molecule has 3 nitrogen and oxygen atoms in total. The molecule has 294 valence electrons. The van der Waals surface area contributed by atoms with Gasteiger partial charge in [0, 0.05) is 38.2 Å². The van der Waals surface area contributed by atoms with Crippen LogP contribution in [0, 0.1) is 0 Å². The highest BCUT2D eigenvalue weighted by Crippen LogP contribution is 2.42. The molecule has 0 aliphatic heterocycles. The third-order valence-electron chi connectivity index (χ3n) is 12.7. The third kappa shape index (κ3) is 5.76. The zero-order chi connectivity index (χ0) is 41.4. The van der Waals surface area contributed by atoms with Crippen molar-refractivity contribution in [3.05, 3.63) is 224 Å². The number of thiazole rings is 1. The van der Waals surface area contributed by atoms with Gasteiger partial charge in [0.25, 0.3) is 0 Å². The Labute approximate surface area is 368 Å². The molecule has 0 spiro atoms. The molecule has 0 saturated heterocycles. The molecule has 0 aliphatic rings. The summed E-state index contributed by atoms with van der Waals surface area (Å²) in [7, 11) is 0. The van der Waals surface area contributed by atoms with Gasteiger partial charge in [0.05, 0.1) is 38.0 Å². The molecule has 10 aromatic carbocycles. The van der Waals surface area contributed by atoms with Crippen molar-refractivity contribution in [1.29, 1.82) is 0 Å². The minimum atomic E-state index is 1.04. The number of hydrogen-bond donors (Lipinski definition) is 0. The minimum Gasteiger partial charge on any atom is -0.309 e. The van der Waals surface area contributed by atoms with Crippen LogP contribution in [0.5, 0.6) is 0 Å². The first-order valence-corrected chi connectivity index (χ1v) is 22.3. The molecule has 0 saturated carbocycles. The predicted molar refractivity (Wildman–Crippen MR) is 268 cm³/mol. The summed E-state index contributed by atoms with van der Waals surface area (Å²) in [5, 5.41) is 8.38. The average molecular weight is 820 g/mol. The Kier molecular flexibility index (Phi) is 8.08. The molecule has 0 unspecified atom stereocenters. The van der Waals surface area contributed by atoms with E-state index < -0.39 is 0 Å². The second kappa shape index (κ2) is 14.3.